The second kappa shape index (κ2) is 8.84. The lowest BCUT2D eigenvalue weighted by molar-refractivity contribution is 0.0993. The van der Waals surface area contributed by atoms with Gasteiger partial charge in [0, 0.05) is 33.2 Å². The maximum absolute atomic E-state index is 13.2. The number of carbonyl (C=O) groups is 1. The normalized spacial score (nSPS) is 16.0. The molecular formula is C21H23ClN4O3S2. The Hall–Kier alpha value is -2.04. The first-order valence-corrected chi connectivity index (χ1v) is 12.6. The molecule has 2 aromatic carbocycles. The van der Waals surface area contributed by atoms with Crippen LogP contribution in [0.3, 0.4) is 0 Å². The third-order valence-corrected chi connectivity index (χ3v) is 8.80. The van der Waals surface area contributed by atoms with Gasteiger partial charge in [-0.1, -0.05) is 42.0 Å². The first-order chi connectivity index (χ1) is 14.8. The van der Waals surface area contributed by atoms with Crippen molar-refractivity contribution >= 4 is 54.2 Å². The average molecular weight is 479 g/mol. The van der Waals surface area contributed by atoms with Gasteiger partial charge in [-0.05, 0) is 36.9 Å². The Morgan fingerprint density at radius 3 is 2.55 bits per heavy atom. The fourth-order valence-corrected chi connectivity index (χ4v) is 6.11. The molecule has 0 saturated carbocycles. The smallest absolute Gasteiger partial charge is 0.261 e. The SMILES string of the molecule is CCN1CCN(S(=O)(=O)c2ccc(Cl)c(C(=O)N(C)c3nc4ccccc4s3)c2)CC1. The number of fused-ring (bicyclic) bond motifs is 1. The van der Waals surface area contributed by atoms with Crippen molar-refractivity contribution < 1.29 is 13.2 Å². The van der Waals surface area contributed by atoms with E-state index in [2.05, 4.69) is 16.8 Å². The van der Waals surface area contributed by atoms with Crippen LogP contribution in [0.1, 0.15) is 17.3 Å². The number of carbonyl (C=O) groups excluding carboxylic acids is 1. The van der Waals surface area contributed by atoms with E-state index in [1.807, 2.05) is 24.3 Å². The number of nitrogens with zero attached hydrogens (tertiary/aromatic N) is 4. The highest BCUT2D eigenvalue weighted by molar-refractivity contribution is 7.89. The van der Waals surface area contributed by atoms with Crippen LogP contribution in [0.4, 0.5) is 5.13 Å². The van der Waals surface area contributed by atoms with Gasteiger partial charge in [0.2, 0.25) is 10.0 Å². The van der Waals surface area contributed by atoms with Crippen LogP contribution in [0.15, 0.2) is 47.4 Å². The topological polar surface area (TPSA) is 73.8 Å². The van der Waals surface area contributed by atoms with Crippen molar-refractivity contribution in [3.8, 4) is 0 Å². The summed E-state index contributed by atoms with van der Waals surface area (Å²) in [6.07, 6.45) is 0. The molecule has 31 heavy (non-hydrogen) atoms. The van der Waals surface area contributed by atoms with Gasteiger partial charge in [-0.2, -0.15) is 4.31 Å². The lowest BCUT2D eigenvalue weighted by Gasteiger charge is -2.33. The van der Waals surface area contributed by atoms with Crippen molar-refractivity contribution in [2.45, 2.75) is 11.8 Å². The molecular weight excluding hydrogens is 456 g/mol. The van der Waals surface area contributed by atoms with Crippen molar-refractivity contribution in [1.29, 1.82) is 0 Å². The number of rotatable bonds is 5. The number of aromatic nitrogens is 1. The Kier molecular flexibility index (Phi) is 6.32. The van der Waals surface area contributed by atoms with E-state index in [1.165, 1.54) is 38.7 Å². The monoisotopic (exact) mass is 478 g/mol. The molecule has 7 nitrogen and oxygen atoms in total. The number of amides is 1. The number of anilines is 1. The summed E-state index contributed by atoms with van der Waals surface area (Å²) in [4.78, 5) is 21.4. The van der Waals surface area contributed by atoms with E-state index in [9.17, 15) is 13.2 Å². The van der Waals surface area contributed by atoms with Crippen LogP contribution < -0.4 is 4.90 Å². The van der Waals surface area contributed by atoms with Gasteiger partial charge in [0.1, 0.15) is 0 Å². The van der Waals surface area contributed by atoms with Crippen LogP contribution >= 0.6 is 22.9 Å². The van der Waals surface area contributed by atoms with Crippen LogP contribution in [-0.4, -0.2) is 68.3 Å². The number of hydrogen-bond acceptors (Lipinski definition) is 6. The fraction of sp³-hybridized carbons (Fsp3) is 0.333. The van der Waals surface area contributed by atoms with Gasteiger partial charge in [-0.15, -0.1) is 0 Å². The third kappa shape index (κ3) is 4.33. The predicted molar refractivity (Wildman–Crippen MR) is 125 cm³/mol. The highest BCUT2D eigenvalue weighted by Gasteiger charge is 2.30. The zero-order chi connectivity index (χ0) is 22.2. The summed E-state index contributed by atoms with van der Waals surface area (Å²) in [6, 6.07) is 11.9. The molecule has 0 atom stereocenters. The van der Waals surface area contributed by atoms with E-state index in [0.717, 1.165) is 16.8 Å². The number of sulfonamides is 1. The van der Waals surface area contributed by atoms with E-state index < -0.39 is 15.9 Å². The van der Waals surface area contributed by atoms with E-state index in [0.29, 0.717) is 31.3 Å². The summed E-state index contributed by atoms with van der Waals surface area (Å²) in [6.45, 7) is 5.18. The second-order valence-electron chi connectivity index (χ2n) is 7.31. The van der Waals surface area contributed by atoms with Crippen molar-refractivity contribution in [2.75, 3.05) is 44.7 Å². The van der Waals surface area contributed by atoms with Gasteiger partial charge in [-0.3, -0.25) is 9.69 Å². The highest BCUT2D eigenvalue weighted by atomic mass is 35.5. The van der Waals surface area contributed by atoms with E-state index in [-0.39, 0.29) is 15.5 Å². The molecule has 0 spiro atoms. The van der Waals surface area contributed by atoms with Gasteiger partial charge >= 0.3 is 0 Å². The number of benzene rings is 2. The molecule has 1 amide bonds. The van der Waals surface area contributed by atoms with Gasteiger partial charge < -0.3 is 4.90 Å². The lowest BCUT2D eigenvalue weighted by Crippen LogP contribution is -2.48. The second-order valence-corrected chi connectivity index (χ2v) is 10.7. The van der Waals surface area contributed by atoms with E-state index in [4.69, 9.17) is 11.6 Å². The largest absolute Gasteiger partial charge is 0.301 e. The summed E-state index contributed by atoms with van der Waals surface area (Å²) in [7, 11) is -2.10. The molecule has 0 N–H and O–H groups in total. The lowest BCUT2D eigenvalue weighted by atomic mass is 10.2. The first-order valence-electron chi connectivity index (χ1n) is 9.97. The molecule has 2 heterocycles. The first kappa shape index (κ1) is 22.2. The van der Waals surface area contributed by atoms with Gasteiger partial charge in [0.25, 0.3) is 5.91 Å². The van der Waals surface area contributed by atoms with Crippen LogP contribution in [-0.2, 0) is 10.0 Å². The van der Waals surface area contributed by atoms with Crippen molar-refractivity contribution in [3.63, 3.8) is 0 Å². The maximum atomic E-state index is 13.2. The Morgan fingerprint density at radius 2 is 1.87 bits per heavy atom. The molecule has 0 radical (unpaired) electrons. The molecule has 0 aliphatic carbocycles. The molecule has 1 fully saturated rings. The summed E-state index contributed by atoms with van der Waals surface area (Å²) in [5.41, 5.74) is 0.937. The van der Waals surface area contributed by atoms with Crippen LogP contribution in [0.2, 0.25) is 5.02 Å². The molecule has 1 saturated heterocycles. The Bertz CT molecular complexity index is 1190. The summed E-state index contributed by atoms with van der Waals surface area (Å²) in [5.74, 6) is -0.406. The number of likely N-dealkylation sites (N-methyl/N-ethyl adjacent to an activating group) is 1. The van der Waals surface area contributed by atoms with Crippen molar-refractivity contribution in [3.05, 3.63) is 53.1 Å². The van der Waals surface area contributed by atoms with Gasteiger partial charge in [-0.25, -0.2) is 13.4 Å². The molecule has 0 unspecified atom stereocenters. The molecule has 4 rings (SSSR count). The average Bonchev–Trinajstić information content (AvgIpc) is 3.22. The Labute approximate surface area is 190 Å². The van der Waals surface area contributed by atoms with Gasteiger partial charge in [0.15, 0.2) is 5.13 Å². The fourth-order valence-electron chi connectivity index (χ4n) is 3.53. The summed E-state index contributed by atoms with van der Waals surface area (Å²) in [5, 5.41) is 0.721. The van der Waals surface area contributed by atoms with Crippen molar-refractivity contribution in [2.24, 2.45) is 0 Å². The quantitative estimate of drug-likeness (QED) is 0.560. The highest BCUT2D eigenvalue weighted by Crippen LogP contribution is 2.30. The minimum atomic E-state index is -3.71. The molecule has 10 heteroatoms. The number of halogens is 1. The van der Waals surface area contributed by atoms with E-state index >= 15 is 0 Å². The van der Waals surface area contributed by atoms with Crippen LogP contribution in [0.5, 0.6) is 0 Å². The standard InChI is InChI=1S/C21H23ClN4O3S2/c1-3-25-10-12-26(13-11-25)31(28,29)15-8-9-17(22)16(14-15)20(27)24(2)21-23-18-6-4-5-7-19(18)30-21/h4-9,14H,3,10-13H2,1-2H3. The predicted octanol–water partition coefficient (Wildman–Crippen LogP) is 3.55. The molecule has 164 valence electrons. The molecule has 1 aromatic heterocycles. The Balaban J connectivity index is 1.62. The molecule has 0 bridgehead atoms. The molecule has 1 aliphatic heterocycles. The minimum absolute atomic E-state index is 0.0721. The maximum Gasteiger partial charge on any atom is 0.261 e. The number of thiazole rings is 1. The molecule has 3 aromatic rings. The minimum Gasteiger partial charge on any atom is -0.301 e. The number of piperazine rings is 1. The zero-order valence-electron chi connectivity index (χ0n) is 17.3. The van der Waals surface area contributed by atoms with E-state index in [1.54, 1.807) is 7.05 Å². The Morgan fingerprint density at radius 1 is 1.16 bits per heavy atom. The molecule has 1 aliphatic rings. The summed E-state index contributed by atoms with van der Waals surface area (Å²) >= 11 is 7.68. The number of para-hydroxylation sites is 1. The number of hydrogen-bond donors (Lipinski definition) is 0. The van der Waals surface area contributed by atoms with Crippen LogP contribution in [0.25, 0.3) is 10.2 Å². The third-order valence-electron chi connectivity index (χ3n) is 5.46. The van der Waals surface area contributed by atoms with Gasteiger partial charge in [0.05, 0.1) is 25.7 Å². The van der Waals surface area contributed by atoms with Crippen LogP contribution in [0, 0.1) is 0 Å². The zero-order valence-corrected chi connectivity index (χ0v) is 19.7. The summed E-state index contributed by atoms with van der Waals surface area (Å²) < 4.78 is 28.7. The van der Waals surface area contributed by atoms with Crippen molar-refractivity contribution in [1.82, 2.24) is 14.2 Å².